The third-order valence-electron chi connectivity index (χ3n) is 6.36. The summed E-state index contributed by atoms with van der Waals surface area (Å²) in [5, 5.41) is 10.9. The Morgan fingerprint density at radius 1 is 1.25 bits per heavy atom. The molecular formula is C24H25FN6O4S. The van der Waals surface area contributed by atoms with Crippen LogP contribution in [0.3, 0.4) is 0 Å². The number of fused-ring (bicyclic) bond motifs is 1. The van der Waals surface area contributed by atoms with Crippen LogP contribution in [0.2, 0.25) is 0 Å². The summed E-state index contributed by atoms with van der Waals surface area (Å²) in [6, 6.07) is 12.2. The van der Waals surface area contributed by atoms with Gasteiger partial charge in [0, 0.05) is 31.6 Å². The number of rotatable bonds is 5. The minimum Gasteiger partial charge on any atom is -0.474 e. The van der Waals surface area contributed by atoms with Crippen LogP contribution < -0.4 is 15.1 Å². The summed E-state index contributed by atoms with van der Waals surface area (Å²) in [5.41, 5.74) is 2.04. The van der Waals surface area contributed by atoms with Gasteiger partial charge in [-0.05, 0) is 36.5 Å². The van der Waals surface area contributed by atoms with Gasteiger partial charge in [0.25, 0.3) is 11.1 Å². The zero-order chi connectivity index (χ0) is 25.2. The number of piperazine rings is 1. The van der Waals surface area contributed by atoms with Gasteiger partial charge in [0.1, 0.15) is 11.9 Å². The molecule has 0 aliphatic carbocycles. The number of cyclic esters (lactones) is 1. The number of anilines is 2. The maximum atomic E-state index is 15.1. The highest BCUT2D eigenvalue weighted by Gasteiger charge is 2.33. The largest absolute Gasteiger partial charge is 0.474 e. The van der Waals surface area contributed by atoms with Crippen LogP contribution in [0.15, 0.2) is 42.5 Å². The van der Waals surface area contributed by atoms with E-state index in [2.05, 4.69) is 15.5 Å². The summed E-state index contributed by atoms with van der Waals surface area (Å²) in [6.45, 7) is 2.40. The van der Waals surface area contributed by atoms with Gasteiger partial charge in [-0.3, -0.25) is 14.8 Å². The number of H-pyrrole nitrogens is 1. The van der Waals surface area contributed by atoms with Gasteiger partial charge in [0.15, 0.2) is 5.69 Å². The van der Waals surface area contributed by atoms with Gasteiger partial charge in [0.05, 0.1) is 37.1 Å². The molecule has 10 nitrogen and oxygen atoms in total. The van der Waals surface area contributed by atoms with Crippen molar-refractivity contribution in [2.24, 2.45) is 0 Å². The Hall–Kier alpha value is -3.93. The van der Waals surface area contributed by atoms with Gasteiger partial charge in [-0.2, -0.15) is 5.10 Å². The number of para-hydroxylation sites is 1. The first-order valence-corrected chi connectivity index (χ1v) is 11.9. The summed E-state index contributed by atoms with van der Waals surface area (Å²) < 4.78 is 25.3. The molecule has 1 aromatic heterocycles. The molecule has 3 aromatic rings. The molecule has 0 bridgehead atoms. The first-order chi connectivity index (χ1) is 17.4. The molecule has 0 saturated carbocycles. The predicted octanol–water partition coefficient (Wildman–Crippen LogP) is 2.51. The molecule has 0 unspecified atom stereocenters. The molecule has 2 aromatic carbocycles. The van der Waals surface area contributed by atoms with Gasteiger partial charge >= 0.3 is 6.09 Å². The standard InChI is InChI=1S/C24H25FN6O4S/c1-34-23(36)26-13-16-14-31(24(33)35-16)15-6-7-20(18(25)12-15)29-8-10-30(11-9-29)22(32)21-17-4-2-3-5-19(17)27-28-21/h2-7,12,16H,8-11,13-14H2,1H3,(H,26,36)(H,27,28)/t16-/m0/s1. The van der Waals surface area contributed by atoms with E-state index in [1.165, 1.54) is 18.1 Å². The van der Waals surface area contributed by atoms with Crippen molar-refractivity contribution in [3.63, 3.8) is 0 Å². The number of halogens is 1. The van der Waals surface area contributed by atoms with E-state index in [1.54, 1.807) is 17.0 Å². The molecule has 2 saturated heterocycles. The van der Waals surface area contributed by atoms with Crippen LogP contribution in [0.1, 0.15) is 10.5 Å². The molecule has 3 heterocycles. The Labute approximate surface area is 211 Å². The Morgan fingerprint density at radius 3 is 2.78 bits per heavy atom. The highest BCUT2D eigenvalue weighted by Crippen LogP contribution is 2.29. The summed E-state index contributed by atoms with van der Waals surface area (Å²) in [5.74, 6) is -0.591. The number of aromatic amines is 1. The lowest BCUT2D eigenvalue weighted by Crippen LogP contribution is -2.49. The second-order valence-corrected chi connectivity index (χ2v) is 8.89. The highest BCUT2D eigenvalue weighted by molar-refractivity contribution is 7.80. The number of aromatic nitrogens is 2. The number of hydrogen-bond acceptors (Lipinski definition) is 7. The van der Waals surface area contributed by atoms with E-state index < -0.39 is 18.0 Å². The quantitative estimate of drug-likeness (QED) is 0.503. The molecule has 2 aliphatic heterocycles. The van der Waals surface area contributed by atoms with Crippen molar-refractivity contribution in [2.75, 3.05) is 56.2 Å². The minimum absolute atomic E-state index is 0.147. The van der Waals surface area contributed by atoms with Crippen LogP contribution in [0, 0.1) is 5.82 Å². The maximum absolute atomic E-state index is 15.1. The van der Waals surface area contributed by atoms with Crippen molar-refractivity contribution in [3.05, 3.63) is 54.0 Å². The Balaban J connectivity index is 1.21. The number of benzene rings is 2. The van der Waals surface area contributed by atoms with Gasteiger partial charge in [0.2, 0.25) is 0 Å². The average Bonchev–Trinajstić information content (AvgIpc) is 3.50. The maximum Gasteiger partial charge on any atom is 0.414 e. The van der Waals surface area contributed by atoms with Crippen LogP contribution >= 0.6 is 12.2 Å². The number of thiocarbonyl (C=S) groups is 1. The lowest BCUT2D eigenvalue weighted by atomic mass is 10.1. The van der Waals surface area contributed by atoms with E-state index in [4.69, 9.17) is 21.7 Å². The summed E-state index contributed by atoms with van der Waals surface area (Å²) in [6.07, 6.45) is -0.985. The fourth-order valence-corrected chi connectivity index (χ4v) is 4.54. The van der Waals surface area contributed by atoms with Crippen molar-refractivity contribution in [1.29, 1.82) is 0 Å². The third-order valence-corrected chi connectivity index (χ3v) is 6.67. The minimum atomic E-state index is -0.546. The monoisotopic (exact) mass is 512 g/mol. The number of amides is 2. The average molecular weight is 513 g/mol. The summed E-state index contributed by atoms with van der Waals surface area (Å²) in [7, 11) is 1.45. The topological polar surface area (TPSA) is 103 Å². The molecule has 2 amide bonds. The molecule has 0 radical (unpaired) electrons. The normalized spacial score (nSPS) is 17.9. The SMILES string of the molecule is COC(=S)NC[C@H]1CN(c2ccc(N3CCN(C(=O)c4n[nH]c5ccccc45)CC3)c(F)c2)C(=O)O1. The second kappa shape index (κ2) is 9.97. The van der Waals surface area contributed by atoms with Crippen LogP contribution in [0.5, 0.6) is 0 Å². The molecular weight excluding hydrogens is 487 g/mol. The Kier molecular flexibility index (Phi) is 6.59. The molecule has 12 heteroatoms. The summed E-state index contributed by atoms with van der Waals surface area (Å²) >= 11 is 4.93. The van der Waals surface area contributed by atoms with Crippen LogP contribution in [0.4, 0.5) is 20.6 Å². The molecule has 188 valence electrons. The third kappa shape index (κ3) is 4.63. The zero-order valence-corrected chi connectivity index (χ0v) is 20.4. The fourth-order valence-electron chi connectivity index (χ4n) is 4.45. The van der Waals surface area contributed by atoms with E-state index in [9.17, 15) is 9.59 Å². The van der Waals surface area contributed by atoms with E-state index in [1.807, 2.05) is 29.2 Å². The number of nitrogens with zero attached hydrogens (tertiary/aromatic N) is 4. The highest BCUT2D eigenvalue weighted by atomic mass is 32.1. The van der Waals surface area contributed by atoms with Crippen molar-refractivity contribution in [1.82, 2.24) is 20.4 Å². The molecule has 2 aliphatic rings. The first kappa shape index (κ1) is 23.8. The molecule has 0 spiro atoms. The van der Waals surface area contributed by atoms with Crippen molar-refractivity contribution >= 4 is 51.7 Å². The second-order valence-electron chi connectivity index (χ2n) is 8.52. The lowest BCUT2D eigenvalue weighted by Gasteiger charge is -2.36. The van der Waals surface area contributed by atoms with E-state index >= 15 is 4.39 Å². The molecule has 36 heavy (non-hydrogen) atoms. The predicted molar refractivity (Wildman–Crippen MR) is 136 cm³/mol. The Morgan fingerprint density at radius 2 is 2.03 bits per heavy atom. The van der Waals surface area contributed by atoms with Crippen LogP contribution in [0.25, 0.3) is 10.9 Å². The number of carbonyl (C=O) groups excluding carboxylic acids is 2. The zero-order valence-electron chi connectivity index (χ0n) is 19.6. The lowest BCUT2D eigenvalue weighted by molar-refractivity contribution is 0.0742. The smallest absolute Gasteiger partial charge is 0.414 e. The molecule has 1 atom stereocenters. The van der Waals surface area contributed by atoms with Gasteiger partial charge in [-0.15, -0.1) is 0 Å². The van der Waals surface area contributed by atoms with Crippen LogP contribution in [-0.4, -0.2) is 84.8 Å². The van der Waals surface area contributed by atoms with Gasteiger partial charge in [-0.1, -0.05) is 18.2 Å². The first-order valence-electron chi connectivity index (χ1n) is 11.5. The van der Waals surface area contributed by atoms with E-state index in [-0.39, 0.29) is 17.6 Å². The van der Waals surface area contributed by atoms with E-state index in [0.717, 1.165) is 10.9 Å². The molecule has 2 fully saturated rings. The number of methoxy groups -OCH3 is 1. The summed E-state index contributed by atoms with van der Waals surface area (Å²) in [4.78, 5) is 30.3. The molecule has 2 N–H and O–H groups in total. The van der Waals surface area contributed by atoms with Crippen molar-refractivity contribution in [2.45, 2.75) is 6.10 Å². The number of hydrogen-bond donors (Lipinski definition) is 2. The Bertz CT molecular complexity index is 1310. The van der Waals surface area contributed by atoms with Gasteiger partial charge < -0.3 is 24.6 Å². The van der Waals surface area contributed by atoms with Crippen molar-refractivity contribution in [3.8, 4) is 0 Å². The van der Waals surface area contributed by atoms with Gasteiger partial charge in [-0.25, -0.2) is 9.18 Å². The number of nitrogens with one attached hydrogen (secondary N) is 2. The number of carbonyl (C=O) groups is 2. The van der Waals surface area contributed by atoms with Crippen molar-refractivity contribution < 1.29 is 23.5 Å². The van der Waals surface area contributed by atoms with E-state index in [0.29, 0.717) is 49.8 Å². The number of ether oxygens (including phenoxy) is 2. The fraction of sp³-hybridized carbons (Fsp3) is 0.333. The van der Waals surface area contributed by atoms with Crippen LogP contribution in [-0.2, 0) is 9.47 Å². The molecule has 5 rings (SSSR count).